The molecule has 0 saturated carbocycles. The van der Waals surface area contributed by atoms with Crippen molar-refractivity contribution in [2.24, 2.45) is 0 Å². The number of anilines is 1. The number of nitrogens with one attached hydrogen (secondary N) is 1. The van der Waals surface area contributed by atoms with Gasteiger partial charge in [-0.15, -0.1) is 0 Å². The first-order chi connectivity index (χ1) is 15.7. The van der Waals surface area contributed by atoms with Crippen LogP contribution in [-0.2, 0) is 14.8 Å². The maximum Gasteiger partial charge on any atom is 0.264 e. The molecule has 1 amide bonds. The van der Waals surface area contributed by atoms with Crippen LogP contribution in [-0.4, -0.2) is 34.0 Å². The summed E-state index contributed by atoms with van der Waals surface area (Å²) < 4.78 is 33.4. The Morgan fingerprint density at radius 3 is 2.36 bits per heavy atom. The standard InChI is InChI=1S/C24H24Cl2N2O4S/c1-17-8-10-20(15-22(17)26)32-13-12-27-24(29)16-28(23-11-9-19(25)14-18(23)2)33(30,31)21-6-4-3-5-7-21/h3-11,14-15H,12-13,16H2,1-2H3,(H,27,29). The highest BCUT2D eigenvalue weighted by Gasteiger charge is 2.28. The largest absolute Gasteiger partial charge is 0.492 e. The van der Waals surface area contributed by atoms with Crippen LogP contribution in [0.3, 0.4) is 0 Å². The maximum atomic E-state index is 13.4. The van der Waals surface area contributed by atoms with Crippen molar-refractivity contribution in [3.05, 3.63) is 87.9 Å². The van der Waals surface area contributed by atoms with E-state index in [1.165, 1.54) is 12.1 Å². The molecule has 0 unspecified atom stereocenters. The van der Waals surface area contributed by atoms with E-state index in [0.717, 1.165) is 9.87 Å². The van der Waals surface area contributed by atoms with Gasteiger partial charge in [0.15, 0.2) is 0 Å². The third-order valence-corrected chi connectivity index (χ3v) is 7.30. The second-order valence-electron chi connectivity index (χ2n) is 7.36. The Hall–Kier alpha value is -2.74. The summed E-state index contributed by atoms with van der Waals surface area (Å²) in [6.07, 6.45) is 0. The van der Waals surface area contributed by atoms with Gasteiger partial charge >= 0.3 is 0 Å². The number of hydrogen-bond donors (Lipinski definition) is 1. The number of carbonyl (C=O) groups excluding carboxylic acids is 1. The number of amides is 1. The third-order valence-electron chi connectivity index (χ3n) is 4.88. The molecule has 0 spiro atoms. The smallest absolute Gasteiger partial charge is 0.264 e. The van der Waals surface area contributed by atoms with E-state index >= 15 is 0 Å². The Kier molecular flexibility index (Phi) is 8.24. The van der Waals surface area contributed by atoms with Crippen molar-refractivity contribution in [2.45, 2.75) is 18.7 Å². The number of benzene rings is 3. The second kappa shape index (κ2) is 10.9. The average Bonchev–Trinajstić information content (AvgIpc) is 2.78. The predicted octanol–water partition coefficient (Wildman–Crippen LogP) is 5.00. The molecule has 0 bridgehead atoms. The van der Waals surface area contributed by atoms with Crippen molar-refractivity contribution in [3.63, 3.8) is 0 Å². The van der Waals surface area contributed by atoms with E-state index < -0.39 is 22.5 Å². The topological polar surface area (TPSA) is 75.7 Å². The number of carbonyl (C=O) groups is 1. The lowest BCUT2D eigenvalue weighted by molar-refractivity contribution is -0.119. The zero-order chi connectivity index (χ0) is 24.0. The summed E-state index contributed by atoms with van der Waals surface area (Å²) in [7, 11) is -3.98. The lowest BCUT2D eigenvalue weighted by Gasteiger charge is -2.25. The third kappa shape index (κ3) is 6.41. The van der Waals surface area contributed by atoms with Crippen LogP contribution < -0.4 is 14.4 Å². The van der Waals surface area contributed by atoms with Gasteiger partial charge in [-0.3, -0.25) is 9.10 Å². The van der Waals surface area contributed by atoms with Crippen molar-refractivity contribution in [2.75, 3.05) is 24.0 Å². The van der Waals surface area contributed by atoms with E-state index in [9.17, 15) is 13.2 Å². The van der Waals surface area contributed by atoms with Crippen LogP contribution in [0.1, 0.15) is 11.1 Å². The molecule has 33 heavy (non-hydrogen) atoms. The highest BCUT2D eigenvalue weighted by atomic mass is 35.5. The molecule has 0 radical (unpaired) electrons. The van der Waals surface area contributed by atoms with Crippen molar-refractivity contribution in [1.82, 2.24) is 5.32 Å². The van der Waals surface area contributed by atoms with Crippen LogP contribution >= 0.6 is 23.2 Å². The minimum Gasteiger partial charge on any atom is -0.492 e. The fourth-order valence-electron chi connectivity index (χ4n) is 3.13. The van der Waals surface area contributed by atoms with Gasteiger partial charge in [-0.25, -0.2) is 8.42 Å². The van der Waals surface area contributed by atoms with E-state index in [4.69, 9.17) is 27.9 Å². The summed E-state index contributed by atoms with van der Waals surface area (Å²) in [6, 6.07) is 18.2. The molecule has 3 aromatic carbocycles. The molecule has 3 rings (SSSR count). The minimum absolute atomic E-state index is 0.0896. The lowest BCUT2D eigenvalue weighted by atomic mass is 10.2. The Labute approximate surface area is 204 Å². The van der Waals surface area contributed by atoms with Crippen LogP contribution in [0.25, 0.3) is 0 Å². The number of nitrogens with zero attached hydrogens (tertiary/aromatic N) is 1. The zero-order valence-electron chi connectivity index (χ0n) is 18.2. The van der Waals surface area contributed by atoms with Gasteiger partial charge in [0.1, 0.15) is 18.9 Å². The summed E-state index contributed by atoms with van der Waals surface area (Å²) in [4.78, 5) is 12.8. The number of ether oxygens (including phenoxy) is 1. The molecule has 0 aliphatic rings. The highest BCUT2D eigenvalue weighted by molar-refractivity contribution is 7.92. The molecule has 3 aromatic rings. The number of rotatable bonds is 9. The fraction of sp³-hybridized carbons (Fsp3) is 0.208. The Morgan fingerprint density at radius 2 is 1.70 bits per heavy atom. The number of sulfonamides is 1. The van der Waals surface area contributed by atoms with Crippen molar-refractivity contribution < 1.29 is 17.9 Å². The van der Waals surface area contributed by atoms with Gasteiger partial charge < -0.3 is 10.1 Å². The first-order valence-electron chi connectivity index (χ1n) is 10.2. The van der Waals surface area contributed by atoms with Gasteiger partial charge in [0.2, 0.25) is 5.91 Å². The Balaban J connectivity index is 1.71. The van der Waals surface area contributed by atoms with Crippen LogP contribution in [0.15, 0.2) is 71.6 Å². The van der Waals surface area contributed by atoms with Gasteiger partial charge in [-0.05, 0) is 67.4 Å². The molecule has 0 fully saturated rings. The molecule has 0 aliphatic heterocycles. The summed E-state index contributed by atoms with van der Waals surface area (Å²) in [5.74, 6) is 0.124. The Bertz CT molecular complexity index is 1230. The lowest BCUT2D eigenvalue weighted by Crippen LogP contribution is -2.42. The normalized spacial score (nSPS) is 11.2. The molecule has 0 heterocycles. The Morgan fingerprint density at radius 1 is 0.970 bits per heavy atom. The van der Waals surface area contributed by atoms with Crippen LogP contribution in [0, 0.1) is 13.8 Å². The molecule has 174 valence electrons. The molecule has 6 nitrogen and oxygen atoms in total. The second-order valence-corrected chi connectivity index (χ2v) is 10.1. The summed E-state index contributed by atoms with van der Waals surface area (Å²) in [5.41, 5.74) is 1.95. The van der Waals surface area contributed by atoms with Gasteiger partial charge in [-0.2, -0.15) is 0 Å². The van der Waals surface area contributed by atoms with Crippen molar-refractivity contribution in [1.29, 1.82) is 0 Å². The van der Waals surface area contributed by atoms with E-state index in [-0.39, 0.29) is 18.0 Å². The molecule has 0 atom stereocenters. The van der Waals surface area contributed by atoms with Crippen molar-refractivity contribution >= 4 is 44.8 Å². The van der Waals surface area contributed by atoms with E-state index in [0.29, 0.717) is 27.0 Å². The average molecular weight is 507 g/mol. The molecular weight excluding hydrogens is 483 g/mol. The monoisotopic (exact) mass is 506 g/mol. The molecule has 0 aliphatic carbocycles. The molecular formula is C24H24Cl2N2O4S. The first-order valence-corrected chi connectivity index (χ1v) is 12.4. The quantitative estimate of drug-likeness (QED) is 0.414. The van der Waals surface area contributed by atoms with E-state index in [2.05, 4.69) is 5.32 Å². The number of halogens is 2. The van der Waals surface area contributed by atoms with Crippen molar-refractivity contribution in [3.8, 4) is 5.75 Å². The molecule has 1 N–H and O–H groups in total. The zero-order valence-corrected chi connectivity index (χ0v) is 20.5. The molecule has 0 saturated heterocycles. The summed E-state index contributed by atoms with van der Waals surface area (Å²) in [5, 5.41) is 3.78. The SMILES string of the molecule is Cc1ccc(OCCNC(=O)CN(c2ccc(Cl)cc2C)S(=O)(=O)c2ccccc2)cc1Cl. The minimum atomic E-state index is -3.98. The number of aryl methyl sites for hydroxylation is 2. The van der Waals surface area contributed by atoms with Gasteiger partial charge in [0.05, 0.1) is 17.1 Å². The molecule has 0 aromatic heterocycles. The van der Waals surface area contributed by atoms with E-state index in [1.54, 1.807) is 55.5 Å². The summed E-state index contributed by atoms with van der Waals surface area (Å²) >= 11 is 12.1. The van der Waals surface area contributed by atoms with Gasteiger partial charge in [-0.1, -0.05) is 47.5 Å². The van der Waals surface area contributed by atoms with Crippen LogP contribution in [0.4, 0.5) is 5.69 Å². The summed E-state index contributed by atoms with van der Waals surface area (Å²) in [6.45, 7) is 3.65. The fourth-order valence-corrected chi connectivity index (χ4v) is 5.03. The predicted molar refractivity (Wildman–Crippen MR) is 132 cm³/mol. The maximum absolute atomic E-state index is 13.4. The van der Waals surface area contributed by atoms with Crippen LogP contribution in [0.5, 0.6) is 5.75 Å². The van der Waals surface area contributed by atoms with Crippen LogP contribution in [0.2, 0.25) is 10.0 Å². The number of hydrogen-bond acceptors (Lipinski definition) is 4. The molecule has 9 heteroatoms. The van der Waals surface area contributed by atoms with Gasteiger partial charge in [0.25, 0.3) is 10.0 Å². The van der Waals surface area contributed by atoms with Gasteiger partial charge in [0, 0.05) is 10.0 Å². The van der Waals surface area contributed by atoms with E-state index in [1.807, 2.05) is 13.0 Å². The highest BCUT2D eigenvalue weighted by Crippen LogP contribution is 2.28. The first kappa shape index (κ1) is 24.9.